The number of aromatic nitrogens is 2. The van der Waals surface area contributed by atoms with Crippen LogP contribution in [0.25, 0.3) is 0 Å². The summed E-state index contributed by atoms with van der Waals surface area (Å²) in [6, 6.07) is 20.5. The summed E-state index contributed by atoms with van der Waals surface area (Å²) in [5.74, 6) is 2.45. The number of nitrogens with one attached hydrogen (secondary N) is 1. The number of imidazole rings is 1. The number of rotatable bonds is 13. The zero-order valence-electron chi connectivity index (χ0n) is 21.1. The van der Waals surface area contributed by atoms with Crippen LogP contribution in [-0.4, -0.2) is 36.2 Å². The second-order valence-electron chi connectivity index (χ2n) is 8.34. The Morgan fingerprint density at radius 1 is 0.838 bits per heavy atom. The third-order valence-corrected chi connectivity index (χ3v) is 5.75. The van der Waals surface area contributed by atoms with Gasteiger partial charge in [-0.25, -0.2) is 4.98 Å². The molecule has 0 saturated heterocycles. The maximum Gasteiger partial charge on any atom is 0.251 e. The number of ether oxygens (including phenoxy) is 4. The molecule has 0 saturated carbocycles. The Kier molecular flexibility index (Phi) is 9.02. The zero-order valence-corrected chi connectivity index (χ0v) is 21.1. The number of amides is 1. The number of benzene rings is 3. The van der Waals surface area contributed by atoms with Crippen LogP contribution in [0.2, 0.25) is 0 Å². The van der Waals surface area contributed by atoms with Gasteiger partial charge in [0.1, 0.15) is 24.7 Å². The Morgan fingerprint density at radius 2 is 1.46 bits per heavy atom. The summed E-state index contributed by atoms with van der Waals surface area (Å²) in [5.41, 5.74) is 2.46. The highest BCUT2D eigenvalue weighted by molar-refractivity contribution is 5.94. The lowest BCUT2D eigenvalue weighted by molar-refractivity contribution is 0.0952. The fraction of sp³-hybridized carbons (Fsp3) is 0.241. The van der Waals surface area contributed by atoms with Crippen LogP contribution in [-0.2, 0) is 19.8 Å². The SMILES string of the molecule is COc1ccc(COc2ccc(C(=O)NCCCn3ccnc3)cc2OCc2ccc(OC)cc2)cc1. The molecule has 0 radical (unpaired) electrons. The van der Waals surface area contributed by atoms with Gasteiger partial charge in [-0.3, -0.25) is 4.79 Å². The summed E-state index contributed by atoms with van der Waals surface area (Å²) in [6.45, 7) is 2.00. The van der Waals surface area contributed by atoms with Crippen LogP contribution in [0.3, 0.4) is 0 Å². The molecule has 0 fully saturated rings. The Bertz CT molecular complexity index is 1260. The van der Waals surface area contributed by atoms with E-state index in [1.807, 2.05) is 59.3 Å². The molecule has 8 heteroatoms. The first kappa shape index (κ1) is 25.6. The van der Waals surface area contributed by atoms with Gasteiger partial charge in [0.15, 0.2) is 11.5 Å². The number of carbonyl (C=O) groups excluding carboxylic acids is 1. The normalized spacial score (nSPS) is 10.5. The van der Waals surface area contributed by atoms with Crippen LogP contribution < -0.4 is 24.3 Å². The second-order valence-corrected chi connectivity index (χ2v) is 8.34. The molecule has 1 amide bonds. The minimum atomic E-state index is -0.165. The van der Waals surface area contributed by atoms with Crippen molar-refractivity contribution >= 4 is 5.91 Å². The van der Waals surface area contributed by atoms with Crippen molar-refractivity contribution < 1.29 is 23.7 Å². The molecule has 0 bridgehead atoms. The molecule has 8 nitrogen and oxygen atoms in total. The third kappa shape index (κ3) is 7.51. The quantitative estimate of drug-likeness (QED) is 0.263. The van der Waals surface area contributed by atoms with E-state index in [1.54, 1.807) is 44.9 Å². The van der Waals surface area contributed by atoms with Crippen molar-refractivity contribution in [3.8, 4) is 23.0 Å². The summed E-state index contributed by atoms with van der Waals surface area (Å²) >= 11 is 0. The van der Waals surface area contributed by atoms with Gasteiger partial charge in [-0.2, -0.15) is 0 Å². The fourth-order valence-electron chi connectivity index (χ4n) is 3.63. The molecule has 0 aliphatic heterocycles. The smallest absolute Gasteiger partial charge is 0.251 e. The van der Waals surface area contributed by atoms with Gasteiger partial charge in [0.05, 0.1) is 20.5 Å². The minimum absolute atomic E-state index is 0.165. The second kappa shape index (κ2) is 13.0. The van der Waals surface area contributed by atoms with Gasteiger partial charge in [-0.1, -0.05) is 24.3 Å². The average Bonchev–Trinajstić information content (AvgIpc) is 3.47. The molecule has 0 aliphatic carbocycles. The molecule has 3 aromatic carbocycles. The Morgan fingerprint density at radius 3 is 2.03 bits per heavy atom. The van der Waals surface area contributed by atoms with E-state index in [1.165, 1.54) is 0 Å². The van der Waals surface area contributed by atoms with Crippen molar-refractivity contribution in [1.82, 2.24) is 14.9 Å². The standard InChI is InChI=1S/C29H31N3O5/c1-34-25-9-4-22(5-10-25)19-36-27-13-8-24(29(33)31-14-3-16-32-17-15-30-21-32)18-28(27)37-20-23-6-11-26(35-2)12-7-23/h4-13,15,17-18,21H,3,14,16,19-20H2,1-2H3,(H,31,33). The van der Waals surface area contributed by atoms with E-state index >= 15 is 0 Å². The van der Waals surface area contributed by atoms with Crippen LogP contribution >= 0.6 is 0 Å². The summed E-state index contributed by atoms with van der Waals surface area (Å²) < 4.78 is 24.6. The summed E-state index contributed by atoms with van der Waals surface area (Å²) in [5, 5.41) is 2.97. The summed E-state index contributed by atoms with van der Waals surface area (Å²) in [7, 11) is 3.27. The van der Waals surface area contributed by atoms with Crippen LogP contribution in [0.5, 0.6) is 23.0 Å². The minimum Gasteiger partial charge on any atom is -0.497 e. The molecule has 1 N–H and O–H groups in total. The van der Waals surface area contributed by atoms with Gasteiger partial charge in [0.2, 0.25) is 0 Å². The number of aryl methyl sites for hydroxylation is 1. The van der Waals surface area contributed by atoms with Crippen molar-refractivity contribution in [2.45, 2.75) is 26.2 Å². The van der Waals surface area contributed by atoms with Crippen molar-refractivity contribution in [2.75, 3.05) is 20.8 Å². The lowest BCUT2D eigenvalue weighted by Crippen LogP contribution is -2.25. The van der Waals surface area contributed by atoms with Crippen LogP contribution in [0, 0.1) is 0 Å². The highest BCUT2D eigenvalue weighted by Crippen LogP contribution is 2.30. The van der Waals surface area contributed by atoms with Gasteiger partial charge >= 0.3 is 0 Å². The number of nitrogens with zero attached hydrogens (tertiary/aromatic N) is 2. The Labute approximate surface area is 216 Å². The summed E-state index contributed by atoms with van der Waals surface area (Å²) in [4.78, 5) is 16.8. The highest BCUT2D eigenvalue weighted by atomic mass is 16.5. The van der Waals surface area contributed by atoms with E-state index in [0.29, 0.717) is 36.8 Å². The van der Waals surface area contributed by atoms with Gasteiger partial charge < -0.3 is 28.8 Å². The number of hydrogen-bond acceptors (Lipinski definition) is 6. The summed E-state index contributed by atoms with van der Waals surface area (Å²) in [6.07, 6.45) is 6.20. The molecule has 37 heavy (non-hydrogen) atoms. The molecular weight excluding hydrogens is 470 g/mol. The highest BCUT2D eigenvalue weighted by Gasteiger charge is 2.13. The zero-order chi connectivity index (χ0) is 25.9. The molecule has 1 aromatic heterocycles. The monoisotopic (exact) mass is 501 g/mol. The molecule has 192 valence electrons. The maximum atomic E-state index is 12.8. The van der Waals surface area contributed by atoms with E-state index in [-0.39, 0.29) is 5.91 Å². The molecule has 0 aliphatic rings. The fourth-order valence-corrected chi connectivity index (χ4v) is 3.63. The van der Waals surface area contributed by atoms with E-state index < -0.39 is 0 Å². The predicted octanol–water partition coefficient (Wildman–Crippen LogP) is 4.88. The average molecular weight is 502 g/mol. The first-order valence-corrected chi connectivity index (χ1v) is 12.0. The van der Waals surface area contributed by atoms with Crippen molar-refractivity contribution in [2.24, 2.45) is 0 Å². The largest absolute Gasteiger partial charge is 0.497 e. The van der Waals surface area contributed by atoms with Crippen LogP contribution in [0.1, 0.15) is 27.9 Å². The number of carbonyl (C=O) groups is 1. The van der Waals surface area contributed by atoms with E-state index in [0.717, 1.165) is 35.6 Å². The van der Waals surface area contributed by atoms with Gasteiger partial charge in [-0.05, 0) is 60.0 Å². The van der Waals surface area contributed by atoms with E-state index in [2.05, 4.69) is 10.3 Å². The van der Waals surface area contributed by atoms with Gasteiger partial charge in [0, 0.05) is 31.0 Å². The third-order valence-electron chi connectivity index (χ3n) is 5.75. The van der Waals surface area contributed by atoms with Gasteiger partial charge in [-0.15, -0.1) is 0 Å². The number of methoxy groups -OCH3 is 2. The van der Waals surface area contributed by atoms with Crippen molar-refractivity contribution in [3.05, 3.63) is 102 Å². The Hall–Kier alpha value is -4.46. The van der Waals surface area contributed by atoms with E-state index in [4.69, 9.17) is 18.9 Å². The molecule has 4 rings (SSSR count). The molecular formula is C29H31N3O5. The lowest BCUT2D eigenvalue weighted by Gasteiger charge is -2.15. The van der Waals surface area contributed by atoms with Crippen LogP contribution in [0.15, 0.2) is 85.5 Å². The molecule has 1 heterocycles. The maximum absolute atomic E-state index is 12.8. The first-order chi connectivity index (χ1) is 18.1. The van der Waals surface area contributed by atoms with Gasteiger partial charge in [0.25, 0.3) is 5.91 Å². The van der Waals surface area contributed by atoms with Crippen molar-refractivity contribution in [1.29, 1.82) is 0 Å². The topological polar surface area (TPSA) is 83.8 Å². The Balaban J connectivity index is 1.42. The lowest BCUT2D eigenvalue weighted by atomic mass is 10.1. The molecule has 0 unspecified atom stereocenters. The predicted molar refractivity (Wildman–Crippen MR) is 140 cm³/mol. The van der Waals surface area contributed by atoms with Crippen molar-refractivity contribution in [3.63, 3.8) is 0 Å². The van der Waals surface area contributed by atoms with E-state index in [9.17, 15) is 4.79 Å². The first-order valence-electron chi connectivity index (χ1n) is 12.0. The van der Waals surface area contributed by atoms with Crippen LogP contribution in [0.4, 0.5) is 0 Å². The molecule has 0 atom stereocenters. The number of hydrogen-bond donors (Lipinski definition) is 1. The molecule has 0 spiro atoms. The molecule has 4 aromatic rings.